The highest BCUT2D eigenvalue weighted by molar-refractivity contribution is 5.72. The van der Waals surface area contributed by atoms with E-state index in [1.165, 1.54) is 4.90 Å². The zero-order valence-electron chi connectivity index (χ0n) is 7.07. The van der Waals surface area contributed by atoms with Gasteiger partial charge in [0.15, 0.2) is 5.88 Å². The zero-order valence-corrected chi connectivity index (χ0v) is 7.07. The van der Waals surface area contributed by atoms with Crippen LogP contribution in [0.1, 0.15) is 5.76 Å². The summed E-state index contributed by atoms with van der Waals surface area (Å²) < 4.78 is 5.21. The number of carbonyl (C=O) groups is 1. The van der Waals surface area contributed by atoms with E-state index in [0.29, 0.717) is 5.88 Å². The highest BCUT2D eigenvalue weighted by Crippen LogP contribution is 2.15. The highest BCUT2D eigenvalue weighted by atomic mass is 16.4. The van der Waals surface area contributed by atoms with Crippen molar-refractivity contribution >= 4 is 11.9 Å². The first-order valence-corrected chi connectivity index (χ1v) is 3.59. The number of carboxylic acids is 1. The van der Waals surface area contributed by atoms with E-state index in [1.807, 2.05) is 6.92 Å². The van der Waals surface area contributed by atoms with Crippen LogP contribution in [0.2, 0.25) is 0 Å². The minimum absolute atomic E-state index is 0.0487. The van der Waals surface area contributed by atoms with Crippen LogP contribution >= 0.6 is 0 Å². The fraction of sp³-hybridized carbons (Fsp3) is 0.375. The van der Waals surface area contributed by atoms with E-state index in [9.17, 15) is 4.79 Å². The Balaban J connectivity index is 2.64. The van der Waals surface area contributed by atoms with Crippen molar-refractivity contribution in [3.05, 3.63) is 17.9 Å². The summed E-state index contributed by atoms with van der Waals surface area (Å²) in [5.41, 5.74) is 0. The number of carboxylic acid groups (broad SMARTS) is 1. The van der Waals surface area contributed by atoms with E-state index in [2.05, 4.69) is 0 Å². The summed E-state index contributed by atoms with van der Waals surface area (Å²) in [7, 11) is 1.67. The lowest BCUT2D eigenvalue weighted by molar-refractivity contribution is -0.135. The van der Waals surface area contributed by atoms with Crippen molar-refractivity contribution in [3.8, 4) is 0 Å². The second-order valence-corrected chi connectivity index (χ2v) is 2.63. The molecule has 0 saturated heterocycles. The van der Waals surface area contributed by atoms with Crippen molar-refractivity contribution in [3.63, 3.8) is 0 Å². The molecule has 0 fully saturated rings. The topological polar surface area (TPSA) is 53.7 Å². The van der Waals surface area contributed by atoms with E-state index >= 15 is 0 Å². The van der Waals surface area contributed by atoms with Gasteiger partial charge in [0.2, 0.25) is 0 Å². The van der Waals surface area contributed by atoms with Crippen LogP contribution in [0.4, 0.5) is 5.88 Å². The highest BCUT2D eigenvalue weighted by Gasteiger charge is 2.07. The second kappa shape index (κ2) is 3.30. The summed E-state index contributed by atoms with van der Waals surface area (Å²) >= 11 is 0. The Morgan fingerprint density at radius 2 is 2.33 bits per heavy atom. The van der Waals surface area contributed by atoms with E-state index < -0.39 is 5.97 Å². The molecule has 0 aromatic carbocycles. The van der Waals surface area contributed by atoms with Gasteiger partial charge in [0.1, 0.15) is 12.3 Å². The first-order chi connectivity index (χ1) is 5.59. The van der Waals surface area contributed by atoms with Gasteiger partial charge in [-0.05, 0) is 13.0 Å². The zero-order chi connectivity index (χ0) is 9.14. The molecule has 66 valence electrons. The van der Waals surface area contributed by atoms with Gasteiger partial charge in [-0.3, -0.25) is 4.79 Å². The van der Waals surface area contributed by atoms with E-state index in [4.69, 9.17) is 9.52 Å². The second-order valence-electron chi connectivity index (χ2n) is 2.63. The van der Waals surface area contributed by atoms with Gasteiger partial charge < -0.3 is 14.4 Å². The SMILES string of the molecule is Cc1ccc(N(C)CC(=O)O)o1. The molecule has 1 heterocycles. The van der Waals surface area contributed by atoms with Gasteiger partial charge in [-0.15, -0.1) is 0 Å². The van der Waals surface area contributed by atoms with Crippen LogP contribution in [0.25, 0.3) is 0 Å². The first-order valence-electron chi connectivity index (χ1n) is 3.59. The Morgan fingerprint density at radius 1 is 1.67 bits per heavy atom. The van der Waals surface area contributed by atoms with E-state index in [-0.39, 0.29) is 6.54 Å². The lowest BCUT2D eigenvalue weighted by Gasteiger charge is -2.11. The molecule has 0 amide bonds. The quantitative estimate of drug-likeness (QED) is 0.736. The Hall–Kier alpha value is -1.45. The molecule has 1 rings (SSSR count). The molecule has 0 radical (unpaired) electrons. The van der Waals surface area contributed by atoms with Crippen LogP contribution in [0.15, 0.2) is 16.5 Å². The number of anilines is 1. The summed E-state index contributed by atoms with van der Waals surface area (Å²) in [5, 5.41) is 8.47. The summed E-state index contributed by atoms with van der Waals surface area (Å²) in [6, 6.07) is 3.55. The van der Waals surface area contributed by atoms with Gasteiger partial charge in [-0.2, -0.15) is 0 Å². The van der Waals surface area contributed by atoms with Crippen LogP contribution in [-0.4, -0.2) is 24.7 Å². The summed E-state index contributed by atoms with van der Waals surface area (Å²) in [6.07, 6.45) is 0. The molecule has 1 aromatic rings. The predicted molar refractivity (Wildman–Crippen MR) is 44.4 cm³/mol. The molecule has 4 heteroatoms. The monoisotopic (exact) mass is 169 g/mol. The minimum atomic E-state index is -0.869. The smallest absolute Gasteiger partial charge is 0.323 e. The molecule has 0 aliphatic rings. The third-order valence-electron chi connectivity index (χ3n) is 1.47. The van der Waals surface area contributed by atoms with Crippen molar-refractivity contribution < 1.29 is 14.3 Å². The standard InChI is InChI=1S/C8H11NO3/c1-6-3-4-7(12-6)9(2)5-8(10)11/h3-4H,5H2,1-2H3,(H,10,11). The fourth-order valence-corrected chi connectivity index (χ4v) is 0.908. The lowest BCUT2D eigenvalue weighted by atomic mass is 10.5. The van der Waals surface area contributed by atoms with Crippen LogP contribution < -0.4 is 4.90 Å². The normalized spacial score (nSPS) is 9.83. The molecular formula is C8H11NO3. The Morgan fingerprint density at radius 3 is 2.75 bits per heavy atom. The molecular weight excluding hydrogens is 158 g/mol. The van der Waals surface area contributed by atoms with Gasteiger partial charge >= 0.3 is 5.97 Å². The largest absolute Gasteiger partial charge is 0.480 e. The molecule has 1 aromatic heterocycles. The van der Waals surface area contributed by atoms with Crippen molar-refractivity contribution in [2.45, 2.75) is 6.92 Å². The van der Waals surface area contributed by atoms with Crippen LogP contribution in [0.3, 0.4) is 0 Å². The molecule has 12 heavy (non-hydrogen) atoms. The van der Waals surface area contributed by atoms with Gasteiger partial charge in [0, 0.05) is 13.1 Å². The van der Waals surface area contributed by atoms with Gasteiger partial charge in [-0.25, -0.2) is 0 Å². The molecule has 0 bridgehead atoms. The molecule has 0 aliphatic carbocycles. The van der Waals surface area contributed by atoms with Crippen molar-refractivity contribution in [2.75, 3.05) is 18.5 Å². The predicted octanol–water partition coefficient (Wildman–Crippen LogP) is 1.11. The number of nitrogens with zero attached hydrogens (tertiary/aromatic N) is 1. The van der Waals surface area contributed by atoms with E-state index in [1.54, 1.807) is 19.2 Å². The number of hydrogen-bond acceptors (Lipinski definition) is 3. The molecule has 0 saturated carbocycles. The summed E-state index contributed by atoms with van der Waals surface area (Å²) in [6.45, 7) is 1.77. The van der Waals surface area contributed by atoms with Crippen molar-refractivity contribution in [1.29, 1.82) is 0 Å². The van der Waals surface area contributed by atoms with Crippen molar-refractivity contribution in [1.82, 2.24) is 0 Å². The number of rotatable bonds is 3. The molecule has 0 spiro atoms. The molecule has 1 N–H and O–H groups in total. The Kier molecular flexibility index (Phi) is 2.38. The van der Waals surface area contributed by atoms with Gasteiger partial charge in [0.05, 0.1) is 0 Å². The third kappa shape index (κ3) is 2.02. The average Bonchev–Trinajstić information content (AvgIpc) is 2.34. The third-order valence-corrected chi connectivity index (χ3v) is 1.47. The summed E-state index contributed by atoms with van der Waals surface area (Å²) in [4.78, 5) is 11.8. The van der Waals surface area contributed by atoms with Crippen LogP contribution in [0.5, 0.6) is 0 Å². The Labute approximate surface area is 70.4 Å². The van der Waals surface area contributed by atoms with Gasteiger partial charge in [-0.1, -0.05) is 0 Å². The molecule has 4 nitrogen and oxygen atoms in total. The van der Waals surface area contributed by atoms with E-state index in [0.717, 1.165) is 5.76 Å². The lowest BCUT2D eigenvalue weighted by Crippen LogP contribution is -2.24. The number of aryl methyl sites for hydroxylation is 1. The average molecular weight is 169 g/mol. The Bertz CT molecular complexity index is 280. The fourth-order valence-electron chi connectivity index (χ4n) is 0.908. The number of aliphatic carboxylic acids is 1. The van der Waals surface area contributed by atoms with Crippen molar-refractivity contribution in [2.24, 2.45) is 0 Å². The number of likely N-dealkylation sites (N-methyl/N-ethyl adjacent to an activating group) is 1. The minimum Gasteiger partial charge on any atom is -0.480 e. The molecule has 0 aliphatic heterocycles. The maximum Gasteiger partial charge on any atom is 0.323 e. The van der Waals surface area contributed by atoms with Crippen LogP contribution in [-0.2, 0) is 4.79 Å². The molecule has 0 atom stereocenters. The van der Waals surface area contributed by atoms with Crippen LogP contribution in [0, 0.1) is 6.92 Å². The summed E-state index contributed by atoms with van der Waals surface area (Å²) in [5.74, 6) is 0.490. The van der Waals surface area contributed by atoms with Gasteiger partial charge in [0.25, 0.3) is 0 Å². The maximum absolute atomic E-state index is 10.3. The molecule has 0 unspecified atom stereocenters. The maximum atomic E-state index is 10.3. The first kappa shape index (κ1) is 8.64. The number of hydrogen-bond donors (Lipinski definition) is 1. The number of furan rings is 1.